The molecule has 0 radical (unpaired) electrons. The molecule has 3 aromatic rings. The molecule has 0 aliphatic carbocycles. The quantitative estimate of drug-likeness (QED) is 0.725. The van der Waals surface area contributed by atoms with Crippen molar-refractivity contribution in [1.29, 1.82) is 0 Å². The Morgan fingerprint density at radius 3 is 2.76 bits per heavy atom. The lowest BCUT2D eigenvalue weighted by Crippen LogP contribution is -2.18. The van der Waals surface area contributed by atoms with Crippen LogP contribution in [0.4, 0.5) is 18.9 Å². The highest BCUT2D eigenvalue weighted by Crippen LogP contribution is 2.30. The number of carbonyl (C=O) groups excluding carboxylic acids is 1. The van der Waals surface area contributed by atoms with Gasteiger partial charge in [-0.3, -0.25) is 9.48 Å². The summed E-state index contributed by atoms with van der Waals surface area (Å²) in [5.74, 6) is -0.505. The highest BCUT2D eigenvalue weighted by Gasteiger charge is 2.28. The molecule has 0 saturated heterocycles. The van der Waals surface area contributed by atoms with Crippen LogP contribution in [-0.4, -0.2) is 21.9 Å². The third-order valence-corrected chi connectivity index (χ3v) is 4.06. The normalized spacial score (nSPS) is 11.9. The van der Waals surface area contributed by atoms with Gasteiger partial charge in [0.2, 0.25) is 0 Å². The van der Waals surface area contributed by atoms with Crippen molar-refractivity contribution < 1.29 is 22.4 Å². The van der Waals surface area contributed by atoms with Crippen LogP contribution >= 0.6 is 11.6 Å². The van der Waals surface area contributed by atoms with E-state index in [1.54, 1.807) is 19.1 Å². The Bertz CT molecular complexity index is 960. The lowest BCUT2D eigenvalue weighted by molar-refractivity contribution is -0.142. The second-order valence-electron chi connectivity index (χ2n) is 5.65. The molecule has 132 valence electrons. The van der Waals surface area contributed by atoms with Gasteiger partial charge >= 0.3 is 6.18 Å². The average molecular weight is 372 g/mol. The Labute approximate surface area is 145 Å². The maximum Gasteiger partial charge on any atom is 0.408 e. The van der Waals surface area contributed by atoms with Crippen molar-refractivity contribution in [2.75, 3.05) is 5.32 Å². The number of halogens is 4. The molecule has 0 aliphatic heterocycles. The first-order chi connectivity index (χ1) is 11.6. The van der Waals surface area contributed by atoms with E-state index in [0.717, 1.165) is 18.0 Å². The van der Waals surface area contributed by atoms with E-state index in [-0.39, 0.29) is 11.4 Å². The van der Waals surface area contributed by atoms with Crippen molar-refractivity contribution in [3.63, 3.8) is 0 Å². The van der Waals surface area contributed by atoms with E-state index >= 15 is 0 Å². The van der Waals surface area contributed by atoms with Crippen molar-refractivity contribution in [2.45, 2.75) is 26.6 Å². The Hall–Kier alpha value is -2.48. The minimum atomic E-state index is -4.39. The van der Waals surface area contributed by atoms with Gasteiger partial charge in [-0.1, -0.05) is 11.6 Å². The fraction of sp³-hybridized carbons (Fsp3) is 0.250. The number of benzene rings is 1. The third-order valence-electron chi connectivity index (χ3n) is 3.66. The van der Waals surface area contributed by atoms with E-state index in [9.17, 15) is 18.0 Å². The van der Waals surface area contributed by atoms with Crippen LogP contribution < -0.4 is 5.32 Å². The van der Waals surface area contributed by atoms with Crippen molar-refractivity contribution in [3.05, 3.63) is 46.4 Å². The molecule has 0 atom stereocenters. The summed E-state index contributed by atoms with van der Waals surface area (Å²) < 4.78 is 43.3. The fourth-order valence-electron chi connectivity index (χ4n) is 2.44. The molecule has 25 heavy (non-hydrogen) atoms. The van der Waals surface area contributed by atoms with Gasteiger partial charge < -0.3 is 9.73 Å². The minimum Gasteiger partial charge on any atom is -0.451 e. The molecule has 0 unspecified atom stereocenters. The maximum atomic E-state index is 12.4. The first-order valence-corrected chi connectivity index (χ1v) is 7.61. The lowest BCUT2D eigenvalue weighted by Gasteiger charge is -2.05. The molecule has 5 nitrogen and oxygen atoms in total. The first kappa shape index (κ1) is 17.3. The number of aryl methyl sites for hydroxylation is 2. The zero-order valence-corrected chi connectivity index (χ0v) is 14.0. The molecule has 1 amide bonds. The second-order valence-corrected chi connectivity index (χ2v) is 6.06. The van der Waals surface area contributed by atoms with Gasteiger partial charge in [-0.05, 0) is 31.5 Å². The van der Waals surface area contributed by atoms with E-state index in [1.807, 2.05) is 6.92 Å². The zero-order valence-electron chi connectivity index (χ0n) is 13.2. The van der Waals surface area contributed by atoms with Crippen molar-refractivity contribution in [2.24, 2.45) is 0 Å². The number of anilines is 1. The van der Waals surface area contributed by atoms with Crippen LogP contribution in [0.25, 0.3) is 11.0 Å². The summed E-state index contributed by atoms with van der Waals surface area (Å²) in [6.07, 6.45) is -2.15. The van der Waals surface area contributed by atoms with Crippen LogP contribution in [0.15, 0.2) is 28.9 Å². The maximum absolute atomic E-state index is 12.4. The van der Waals surface area contributed by atoms with Crippen LogP contribution in [0.2, 0.25) is 5.02 Å². The van der Waals surface area contributed by atoms with Crippen LogP contribution in [0, 0.1) is 13.8 Å². The topological polar surface area (TPSA) is 60.1 Å². The SMILES string of the molecule is Cc1cc2oc(C(=O)Nc3cnn(CC(F)(F)F)c3)c(C)c2cc1Cl. The van der Waals surface area contributed by atoms with Gasteiger partial charge in [-0.25, -0.2) is 0 Å². The van der Waals surface area contributed by atoms with Crippen LogP contribution in [0.3, 0.4) is 0 Å². The highest BCUT2D eigenvalue weighted by molar-refractivity contribution is 6.32. The number of hydrogen-bond donors (Lipinski definition) is 1. The van der Waals surface area contributed by atoms with E-state index in [2.05, 4.69) is 10.4 Å². The van der Waals surface area contributed by atoms with E-state index in [4.69, 9.17) is 16.0 Å². The number of furan rings is 1. The number of rotatable bonds is 3. The van der Waals surface area contributed by atoms with Crippen LogP contribution in [-0.2, 0) is 6.54 Å². The van der Waals surface area contributed by atoms with Gasteiger partial charge in [0.25, 0.3) is 5.91 Å². The van der Waals surface area contributed by atoms with Gasteiger partial charge in [0.1, 0.15) is 12.1 Å². The largest absolute Gasteiger partial charge is 0.451 e. The number of alkyl halides is 3. The second kappa shape index (κ2) is 6.11. The van der Waals surface area contributed by atoms with Crippen molar-refractivity contribution in [3.8, 4) is 0 Å². The van der Waals surface area contributed by atoms with Gasteiger partial charge in [0.15, 0.2) is 5.76 Å². The summed E-state index contributed by atoms with van der Waals surface area (Å²) in [6.45, 7) is 2.29. The summed E-state index contributed by atoms with van der Waals surface area (Å²) in [7, 11) is 0. The summed E-state index contributed by atoms with van der Waals surface area (Å²) in [4.78, 5) is 12.4. The number of hydrogen-bond acceptors (Lipinski definition) is 3. The molecular weight excluding hydrogens is 359 g/mol. The Kier molecular flexibility index (Phi) is 4.24. The fourth-order valence-corrected chi connectivity index (χ4v) is 2.61. The average Bonchev–Trinajstić information content (AvgIpc) is 3.04. The van der Waals surface area contributed by atoms with Crippen molar-refractivity contribution >= 4 is 34.2 Å². The van der Waals surface area contributed by atoms with E-state index < -0.39 is 18.6 Å². The molecule has 1 aromatic carbocycles. The van der Waals surface area contributed by atoms with Gasteiger partial charge in [-0.15, -0.1) is 0 Å². The molecule has 2 heterocycles. The van der Waals surface area contributed by atoms with E-state index in [1.165, 1.54) is 0 Å². The number of fused-ring (bicyclic) bond motifs is 1. The smallest absolute Gasteiger partial charge is 0.408 e. The van der Waals surface area contributed by atoms with Crippen LogP contribution in [0.5, 0.6) is 0 Å². The number of amides is 1. The Morgan fingerprint density at radius 1 is 1.36 bits per heavy atom. The molecule has 1 N–H and O–H groups in total. The molecule has 0 aliphatic rings. The molecule has 0 saturated carbocycles. The molecule has 0 spiro atoms. The predicted molar refractivity (Wildman–Crippen MR) is 86.9 cm³/mol. The summed E-state index contributed by atoms with van der Waals surface area (Å²) in [5, 5.41) is 7.30. The summed E-state index contributed by atoms with van der Waals surface area (Å²) in [5.41, 5.74) is 2.06. The monoisotopic (exact) mass is 371 g/mol. The minimum absolute atomic E-state index is 0.0697. The summed E-state index contributed by atoms with van der Waals surface area (Å²) in [6, 6.07) is 3.44. The molecule has 0 fully saturated rings. The number of nitrogens with zero attached hydrogens (tertiary/aromatic N) is 2. The zero-order chi connectivity index (χ0) is 18.4. The number of nitrogens with one attached hydrogen (secondary N) is 1. The molecule has 0 bridgehead atoms. The van der Waals surface area contributed by atoms with Crippen molar-refractivity contribution in [1.82, 2.24) is 9.78 Å². The Balaban J connectivity index is 1.84. The number of aromatic nitrogens is 2. The third kappa shape index (κ3) is 3.63. The first-order valence-electron chi connectivity index (χ1n) is 7.24. The van der Waals surface area contributed by atoms with Gasteiger partial charge in [0, 0.05) is 22.2 Å². The van der Waals surface area contributed by atoms with Gasteiger partial charge in [-0.2, -0.15) is 18.3 Å². The molecule has 3 rings (SSSR count). The predicted octanol–water partition coefficient (Wildman–Crippen LogP) is 4.71. The van der Waals surface area contributed by atoms with E-state index in [0.29, 0.717) is 26.2 Å². The highest BCUT2D eigenvalue weighted by atomic mass is 35.5. The lowest BCUT2D eigenvalue weighted by atomic mass is 10.1. The summed E-state index contributed by atoms with van der Waals surface area (Å²) >= 11 is 6.09. The van der Waals surface area contributed by atoms with Crippen LogP contribution in [0.1, 0.15) is 21.7 Å². The molecule has 2 aromatic heterocycles. The molecular formula is C16H13ClF3N3O2. The molecule has 9 heteroatoms. The number of carbonyl (C=O) groups is 1. The standard InChI is InChI=1S/C16H13ClF3N3O2/c1-8-3-13-11(4-12(8)17)9(2)14(25-13)15(24)22-10-5-21-23(6-10)7-16(18,19)20/h3-6H,7H2,1-2H3,(H,22,24). The van der Waals surface area contributed by atoms with Gasteiger partial charge in [0.05, 0.1) is 11.9 Å². The Morgan fingerprint density at radius 2 is 2.08 bits per heavy atom.